The number of hydrogen-bond acceptors (Lipinski definition) is 4. The second-order valence-electron chi connectivity index (χ2n) is 3.87. The van der Waals surface area contributed by atoms with E-state index in [2.05, 4.69) is 26.0 Å². The molecule has 0 unspecified atom stereocenters. The van der Waals surface area contributed by atoms with Gasteiger partial charge in [-0.3, -0.25) is 10.4 Å². The lowest BCUT2D eigenvalue weighted by molar-refractivity contribution is 0.240. The van der Waals surface area contributed by atoms with E-state index in [0.717, 1.165) is 19.3 Å². The molecule has 1 saturated carbocycles. The van der Waals surface area contributed by atoms with Crippen LogP contribution in [-0.2, 0) is 0 Å². The van der Waals surface area contributed by atoms with Crippen LogP contribution in [0, 0.1) is 0 Å². The minimum Gasteiger partial charge on any atom is -0.409 e. The standard InChI is InChI=1S/C9H14N6O2/c10-7(15-17)6-4-11-14-8(6)13-9(16)12-5-2-1-3-5/h4-5,17H,1-3H2,(H2,10,15)(H3,11,12,13,14,16). The van der Waals surface area contributed by atoms with Gasteiger partial charge < -0.3 is 16.3 Å². The third-order valence-corrected chi connectivity index (χ3v) is 2.70. The number of hydrogen-bond donors (Lipinski definition) is 5. The largest absolute Gasteiger partial charge is 0.409 e. The summed E-state index contributed by atoms with van der Waals surface area (Å²) in [6, 6.07) is -0.0869. The number of H-pyrrole nitrogens is 1. The Morgan fingerprint density at radius 2 is 2.41 bits per heavy atom. The van der Waals surface area contributed by atoms with Crippen molar-refractivity contribution in [3.63, 3.8) is 0 Å². The zero-order chi connectivity index (χ0) is 12.3. The molecular formula is C9H14N6O2. The number of anilines is 1. The summed E-state index contributed by atoms with van der Waals surface area (Å²) in [4.78, 5) is 11.6. The van der Waals surface area contributed by atoms with Crippen molar-refractivity contribution in [1.82, 2.24) is 15.5 Å². The molecule has 1 aliphatic rings. The molecule has 2 rings (SSSR count). The Kier molecular flexibility index (Phi) is 3.12. The fraction of sp³-hybridized carbons (Fsp3) is 0.444. The van der Waals surface area contributed by atoms with E-state index in [1.165, 1.54) is 6.20 Å². The van der Waals surface area contributed by atoms with E-state index in [9.17, 15) is 4.79 Å². The van der Waals surface area contributed by atoms with Crippen LogP contribution in [0.15, 0.2) is 11.4 Å². The highest BCUT2D eigenvalue weighted by Gasteiger charge is 2.20. The van der Waals surface area contributed by atoms with E-state index in [-0.39, 0.29) is 17.9 Å². The third kappa shape index (κ3) is 2.47. The highest BCUT2D eigenvalue weighted by atomic mass is 16.4. The van der Waals surface area contributed by atoms with Gasteiger partial charge in [-0.2, -0.15) is 5.10 Å². The summed E-state index contributed by atoms with van der Waals surface area (Å²) < 4.78 is 0. The predicted octanol–water partition coefficient (Wildman–Crippen LogP) is 0.178. The maximum Gasteiger partial charge on any atom is 0.320 e. The summed E-state index contributed by atoms with van der Waals surface area (Å²) >= 11 is 0. The molecule has 1 fully saturated rings. The number of oxime groups is 1. The van der Waals surface area contributed by atoms with Crippen LogP contribution in [0.1, 0.15) is 24.8 Å². The molecule has 1 aromatic rings. The number of aromatic amines is 1. The van der Waals surface area contributed by atoms with Gasteiger partial charge in [0.05, 0.1) is 11.8 Å². The summed E-state index contributed by atoms with van der Waals surface area (Å²) in [6.07, 6.45) is 4.52. The minimum atomic E-state index is -0.328. The van der Waals surface area contributed by atoms with Crippen molar-refractivity contribution >= 4 is 17.7 Å². The molecule has 2 amide bonds. The fourth-order valence-electron chi connectivity index (χ4n) is 1.52. The molecule has 0 radical (unpaired) electrons. The Morgan fingerprint density at radius 1 is 1.65 bits per heavy atom. The first kappa shape index (κ1) is 11.2. The second-order valence-corrected chi connectivity index (χ2v) is 3.87. The number of carbonyl (C=O) groups is 1. The first-order chi connectivity index (χ1) is 8.20. The minimum absolute atomic E-state index is 0.113. The van der Waals surface area contributed by atoms with Gasteiger partial charge in [0.25, 0.3) is 0 Å². The molecule has 8 nitrogen and oxygen atoms in total. The maximum absolute atomic E-state index is 11.6. The molecule has 0 spiro atoms. The molecule has 8 heteroatoms. The van der Waals surface area contributed by atoms with Gasteiger partial charge in [-0.05, 0) is 19.3 Å². The van der Waals surface area contributed by atoms with Gasteiger partial charge in [-0.25, -0.2) is 4.79 Å². The predicted molar refractivity (Wildman–Crippen MR) is 60.9 cm³/mol. The number of urea groups is 1. The summed E-state index contributed by atoms with van der Waals surface area (Å²) in [5, 5.41) is 23.0. The maximum atomic E-state index is 11.6. The van der Waals surface area contributed by atoms with Crippen molar-refractivity contribution < 1.29 is 10.0 Å². The molecule has 1 heterocycles. The first-order valence-corrected chi connectivity index (χ1v) is 5.29. The van der Waals surface area contributed by atoms with Crippen LogP contribution in [0.2, 0.25) is 0 Å². The van der Waals surface area contributed by atoms with Crippen molar-refractivity contribution in [2.75, 3.05) is 5.32 Å². The van der Waals surface area contributed by atoms with Gasteiger partial charge in [0, 0.05) is 6.04 Å². The van der Waals surface area contributed by atoms with Crippen LogP contribution < -0.4 is 16.4 Å². The zero-order valence-electron chi connectivity index (χ0n) is 9.10. The fourth-order valence-corrected chi connectivity index (χ4v) is 1.52. The number of amides is 2. The van der Waals surface area contributed by atoms with Crippen molar-refractivity contribution in [2.45, 2.75) is 25.3 Å². The van der Waals surface area contributed by atoms with Crippen LogP contribution in [-0.4, -0.2) is 33.3 Å². The highest BCUT2D eigenvalue weighted by molar-refractivity contribution is 6.04. The Hall–Kier alpha value is -2.25. The van der Waals surface area contributed by atoms with Gasteiger partial charge in [-0.15, -0.1) is 0 Å². The average Bonchev–Trinajstić information content (AvgIpc) is 2.70. The SMILES string of the molecule is NC(=NO)c1cn[nH]c1NC(=O)NC1CCC1. The van der Waals surface area contributed by atoms with Gasteiger partial charge in [0.2, 0.25) is 0 Å². The quantitative estimate of drug-likeness (QED) is 0.222. The lowest BCUT2D eigenvalue weighted by Crippen LogP contribution is -2.42. The van der Waals surface area contributed by atoms with Crippen molar-refractivity contribution in [1.29, 1.82) is 0 Å². The third-order valence-electron chi connectivity index (χ3n) is 2.70. The van der Waals surface area contributed by atoms with E-state index in [4.69, 9.17) is 10.9 Å². The molecule has 17 heavy (non-hydrogen) atoms. The number of aromatic nitrogens is 2. The molecule has 92 valence electrons. The summed E-state index contributed by atoms with van der Waals surface area (Å²) in [6.45, 7) is 0. The monoisotopic (exact) mass is 238 g/mol. The number of nitrogens with two attached hydrogens (primary N) is 1. The van der Waals surface area contributed by atoms with Gasteiger partial charge in [0.1, 0.15) is 5.82 Å². The van der Waals surface area contributed by atoms with Crippen molar-refractivity contribution in [2.24, 2.45) is 10.9 Å². The zero-order valence-corrected chi connectivity index (χ0v) is 9.10. The van der Waals surface area contributed by atoms with Crippen LogP contribution >= 0.6 is 0 Å². The topological polar surface area (TPSA) is 128 Å². The number of nitrogens with zero attached hydrogens (tertiary/aromatic N) is 2. The first-order valence-electron chi connectivity index (χ1n) is 5.29. The Bertz CT molecular complexity index is 436. The molecule has 1 aromatic heterocycles. The second kappa shape index (κ2) is 4.73. The lowest BCUT2D eigenvalue weighted by Gasteiger charge is -2.26. The molecule has 0 aromatic carbocycles. The Labute approximate surface area is 97.3 Å². The normalized spacial score (nSPS) is 16.4. The smallest absolute Gasteiger partial charge is 0.320 e. The summed E-state index contributed by atoms with van der Waals surface area (Å²) in [7, 11) is 0. The molecule has 0 saturated heterocycles. The van der Waals surface area contributed by atoms with E-state index in [1.807, 2.05) is 0 Å². The van der Waals surface area contributed by atoms with Crippen LogP contribution in [0.25, 0.3) is 0 Å². The van der Waals surface area contributed by atoms with Gasteiger partial charge in [0.15, 0.2) is 5.84 Å². The van der Waals surface area contributed by atoms with E-state index >= 15 is 0 Å². The molecule has 0 bridgehead atoms. The van der Waals surface area contributed by atoms with Crippen molar-refractivity contribution in [3.05, 3.63) is 11.8 Å². The van der Waals surface area contributed by atoms with Crippen LogP contribution in [0.3, 0.4) is 0 Å². The number of rotatable bonds is 3. The van der Waals surface area contributed by atoms with E-state index in [0.29, 0.717) is 11.4 Å². The van der Waals surface area contributed by atoms with Gasteiger partial charge >= 0.3 is 6.03 Å². The molecule has 0 aliphatic heterocycles. The lowest BCUT2D eigenvalue weighted by atomic mass is 9.93. The van der Waals surface area contributed by atoms with E-state index < -0.39 is 0 Å². The number of nitrogens with one attached hydrogen (secondary N) is 3. The van der Waals surface area contributed by atoms with Crippen LogP contribution in [0.4, 0.5) is 10.6 Å². The van der Waals surface area contributed by atoms with Crippen molar-refractivity contribution in [3.8, 4) is 0 Å². The molecule has 6 N–H and O–H groups in total. The average molecular weight is 238 g/mol. The molecular weight excluding hydrogens is 224 g/mol. The molecule has 1 aliphatic carbocycles. The highest BCUT2D eigenvalue weighted by Crippen LogP contribution is 2.18. The molecule has 0 atom stereocenters. The van der Waals surface area contributed by atoms with E-state index in [1.54, 1.807) is 0 Å². The number of carbonyl (C=O) groups excluding carboxylic acids is 1. The van der Waals surface area contributed by atoms with Gasteiger partial charge in [-0.1, -0.05) is 5.16 Å². The number of amidine groups is 1. The Balaban J connectivity index is 1.98. The Morgan fingerprint density at radius 3 is 3.00 bits per heavy atom. The summed E-state index contributed by atoms with van der Waals surface area (Å²) in [5.74, 6) is 0.190. The van der Waals surface area contributed by atoms with Crippen LogP contribution in [0.5, 0.6) is 0 Å². The summed E-state index contributed by atoms with van der Waals surface area (Å²) in [5.41, 5.74) is 5.77.